The first-order valence-electron chi connectivity index (χ1n) is 5.50. The Labute approximate surface area is 101 Å². The lowest BCUT2D eigenvalue weighted by molar-refractivity contribution is -0.145. The molecule has 4 nitrogen and oxygen atoms in total. The molecule has 92 valence electrons. The number of carboxylic acids is 1. The molecule has 0 aliphatic rings. The monoisotopic (exact) mass is 235 g/mol. The fourth-order valence-electron chi connectivity index (χ4n) is 1.51. The highest BCUT2D eigenvalue weighted by atomic mass is 16.4. The number of nitrogens with zero attached hydrogens (tertiary/aromatic N) is 1. The van der Waals surface area contributed by atoms with Crippen molar-refractivity contribution in [1.82, 2.24) is 0 Å². The summed E-state index contributed by atoms with van der Waals surface area (Å²) in [4.78, 5) is 24.4. The number of hydrogen-bond donors (Lipinski definition) is 1. The Morgan fingerprint density at radius 1 is 1.12 bits per heavy atom. The zero-order valence-corrected chi connectivity index (χ0v) is 10.3. The molecule has 2 unspecified atom stereocenters. The number of carbonyl (C=O) groups excluding carboxylic acids is 1. The standard InChI is InChI=1S/C13H17NO3/c1-9(10(2)13(16)17)12(15)14(3)11-7-5-4-6-8-11/h4-10H,1-3H3,(H,16,17). The lowest BCUT2D eigenvalue weighted by atomic mass is 9.95. The summed E-state index contributed by atoms with van der Waals surface area (Å²) in [5.41, 5.74) is 0.766. The van der Waals surface area contributed by atoms with E-state index >= 15 is 0 Å². The molecule has 1 aromatic rings. The fraction of sp³-hybridized carbons (Fsp3) is 0.385. The Morgan fingerprint density at radius 2 is 1.65 bits per heavy atom. The van der Waals surface area contributed by atoms with E-state index in [1.807, 2.05) is 30.3 Å². The van der Waals surface area contributed by atoms with Gasteiger partial charge in [-0.25, -0.2) is 0 Å². The molecule has 1 amide bonds. The second-order valence-corrected chi connectivity index (χ2v) is 4.15. The SMILES string of the molecule is CC(C(=O)O)C(C)C(=O)N(C)c1ccccc1. The Balaban J connectivity index is 2.80. The number of rotatable bonds is 4. The van der Waals surface area contributed by atoms with E-state index in [-0.39, 0.29) is 5.91 Å². The first-order chi connectivity index (χ1) is 7.95. The molecule has 0 fully saturated rings. The molecule has 0 aliphatic carbocycles. The van der Waals surface area contributed by atoms with E-state index in [0.717, 1.165) is 5.69 Å². The quantitative estimate of drug-likeness (QED) is 0.868. The molecule has 0 spiro atoms. The number of anilines is 1. The second kappa shape index (κ2) is 5.48. The number of carbonyl (C=O) groups is 2. The molecule has 0 aromatic heterocycles. The average Bonchev–Trinajstić information content (AvgIpc) is 2.36. The average molecular weight is 235 g/mol. The number of hydrogen-bond acceptors (Lipinski definition) is 2. The van der Waals surface area contributed by atoms with E-state index in [9.17, 15) is 9.59 Å². The van der Waals surface area contributed by atoms with Crippen LogP contribution in [0.4, 0.5) is 5.69 Å². The van der Waals surface area contributed by atoms with Crippen molar-refractivity contribution in [3.05, 3.63) is 30.3 Å². The predicted octanol–water partition coefficient (Wildman–Crippen LogP) is 2.01. The Kier molecular flexibility index (Phi) is 4.26. The van der Waals surface area contributed by atoms with Gasteiger partial charge >= 0.3 is 5.97 Å². The van der Waals surface area contributed by atoms with Gasteiger partial charge in [-0.05, 0) is 12.1 Å². The number of amides is 1. The van der Waals surface area contributed by atoms with E-state index in [0.29, 0.717) is 0 Å². The van der Waals surface area contributed by atoms with Crippen LogP contribution in [0.5, 0.6) is 0 Å². The smallest absolute Gasteiger partial charge is 0.307 e. The van der Waals surface area contributed by atoms with Crippen molar-refractivity contribution in [3.63, 3.8) is 0 Å². The number of carboxylic acid groups (broad SMARTS) is 1. The van der Waals surface area contributed by atoms with Gasteiger partial charge in [0.15, 0.2) is 0 Å². The molecular formula is C13H17NO3. The van der Waals surface area contributed by atoms with Gasteiger partial charge in [-0.3, -0.25) is 9.59 Å². The van der Waals surface area contributed by atoms with Gasteiger partial charge < -0.3 is 10.0 Å². The van der Waals surface area contributed by atoms with Crippen molar-refractivity contribution in [2.45, 2.75) is 13.8 Å². The highest BCUT2D eigenvalue weighted by Gasteiger charge is 2.28. The molecule has 1 rings (SSSR count). The minimum absolute atomic E-state index is 0.189. The van der Waals surface area contributed by atoms with Crippen LogP contribution in [0.3, 0.4) is 0 Å². The summed E-state index contributed by atoms with van der Waals surface area (Å²) in [6.07, 6.45) is 0. The van der Waals surface area contributed by atoms with Gasteiger partial charge in [0.25, 0.3) is 0 Å². The molecule has 0 aliphatic heterocycles. The van der Waals surface area contributed by atoms with Crippen LogP contribution in [-0.2, 0) is 9.59 Å². The summed E-state index contributed by atoms with van der Waals surface area (Å²) in [5, 5.41) is 8.88. The van der Waals surface area contributed by atoms with Crippen molar-refractivity contribution in [2.75, 3.05) is 11.9 Å². The van der Waals surface area contributed by atoms with Crippen LogP contribution in [0.15, 0.2) is 30.3 Å². The van der Waals surface area contributed by atoms with E-state index < -0.39 is 17.8 Å². The van der Waals surface area contributed by atoms with Crippen LogP contribution in [0.25, 0.3) is 0 Å². The van der Waals surface area contributed by atoms with Gasteiger partial charge in [0.05, 0.1) is 5.92 Å². The van der Waals surface area contributed by atoms with Crippen molar-refractivity contribution < 1.29 is 14.7 Å². The molecule has 17 heavy (non-hydrogen) atoms. The maximum atomic E-state index is 12.1. The van der Waals surface area contributed by atoms with Crippen LogP contribution in [0.1, 0.15) is 13.8 Å². The summed E-state index contributed by atoms with van der Waals surface area (Å²) >= 11 is 0. The van der Waals surface area contributed by atoms with Crippen molar-refractivity contribution >= 4 is 17.6 Å². The molecule has 0 saturated carbocycles. The van der Waals surface area contributed by atoms with Gasteiger partial charge in [-0.1, -0.05) is 32.0 Å². The predicted molar refractivity (Wildman–Crippen MR) is 65.8 cm³/mol. The Bertz CT molecular complexity index is 402. The topological polar surface area (TPSA) is 57.6 Å². The molecule has 0 radical (unpaired) electrons. The van der Waals surface area contributed by atoms with Crippen LogP contribution in [0, 0.1) is 11.8 Å². The zero-order chi connectivity index (χ0) is 13.0. The molecule has 0 saturated heterocycles. The maximum Gasteiger partial charge on any atom is 0.307 e. The lowest BCUT2D eigenvalue weighted by Crippen LogP contribution is -2.36. The second-order valence-electron chi connectivity index (χ2n) is 4.15. The van der Waals surface area contributed by atoms with Crippen LogP contribution >= 0.6 is 0 Å². The third kappa shape index (κ3) is 3.06. The zero-order valence-electron chi connectivity index (χ0n) is 10.3. The van der Waals surface area contributed by atoms with Gasteiger partial charge in [0, 0.05) is 18.7 Å². The normalized spacial score (nSPS) is 13.8. The van der Waals surface area contributed by atoms with E-state index in [4.69, 9.17) is 5.11 Å². The molecule has 1 aromatic carbocycles. The van der Waals surface area contributed by atoms with E-state index in [1.165, 1.54) is 4.90 Å². The van der Waals surface area contributed by atoms with Crippen molar-refractivity contribution in [2.24, 2.45) is 11.8 Å². The molecule has 2 atom stereocenters. The van der Waals surface area contributed by atoms with E-state index in [2.05, 4.69) is 0 Å². The highest BCUT2D eigenvalue weighted by Crippen LogP contribution is 2.18. The van der Waals surface area contributed by atoms with Gasteiger partial charge in [-0.2, -0.15) is 0 Å². The van der Waals surface area contributed by atoms with Gasteiger partial charge in [0.1, 0.15) is 0 Å². The van der Waals surface area contributed by atoms with E-state index in [1.54, 1.807) is 20.9 Å². The molecule has 0 heterocycles. The molecule has 1 N–H and O–H groups in total. The third-order valence-corrected chi connectivity index (χ3v) is 3.00. The summed E-state index contributed by atoms with van der Waals surface area (Å²) in [7, 11) is 1.66. The first kappa shape index (κ1) is 13.2. The molecular weight excluding hydrogens is 218 g/mol. The summed E-state index contributed by atoms with van der Waals surface area (Å²) in [6.45, 7) is 3.18. The summed E-state index contributed by atoms with van der Waals surface area (Å²) in [5.74, 6) is -2.37. The van der Waals surface area contributed by atoms with Crippen molar-refractivity contribution in [3.8, 4) is 0 Å². The maximum absolute atomic E-state index is 12.1. The number of aliphatic carboxylic acids is 1. The number of benzene rings is 1. The molecule has 4 heteroatoms. The summed E-state index contributed by atoms with van der Waals surface area (Å²) < 4.78 is 0. The van der Waals surface area contributed by atoms with Crippen LogP contribution in [0.2, 0.25) is 0 Å². The Morgan fingerprint density at radius 3 is 2.12 bits per heavy atom. The lowest BCUT2D eigenvalue weighted by Gasteiger charge is -2.23. The van der Waals surface area contributed by atoms with Gasteiger partial charge in [0.2, 0.25) is 5.91 Å². The largest absolute Gasteiger partial charge is 0.481 e. The number of para-hydroxylation sites is 1. The molecule has 0 bridgehead atoms. The minimum atomic E-state index is -0.952. The van der Waals surface area contributed by atoms with Crippen molar-refractivity contribution in [1.29, 1.82) is 0 Å². The minimum Gasteiger partial charge on any atom is -0.481 e. The van der Waals surface area contributed by atoms with Gasteiger partial charge in [-0.15, -0.1) is 0 Å². The highest BCUT2D eigenvalue weighted by molar-refractivity contribution is 5.96. The third-order valence-electron chi connectivity index (χ3n) is 3.00. The Hall–Kier alpha value is -1.84. The summed E-state index contributed by atoms with van der Waals surface area (Å²) in [6, 6.07) is 9.17. The fourth-order valence-corrected chi connectivity index (χ4v) is 1.51. The first-order valence-corrected chi connectivity index (χ1v) is 5.50. The van der Waals surface area contributed by atoms with Crippen LogP contribution in [-0.4, -0.2) is 24.0 Å². The van der Waals surface area contributed by atoms with Crippen LogP contribution < -0.4 is 4.90 Å².